The Morgan fingerprint density at radius 1 is 1.09 bits per heavy atom. The van der Waals surface area contributed by atoms with Crippen LogP contribution in [0.3, 0.4) is 0 Å². The van der Waals surface area contributed by atoms with E-state index in [4.69, 9.17) is 10.2 Å². The van der Waals surface area contributed by atoms with E-state index in [1.165, 1.54) is 0 Å². The zero-order chi connectivity index (χ0) is 9.28. The Morgan fingerprint density at radius 2 is 1.27 bits per heavy atom. The predicted octanol–water partition coefficient (Wildman–Crippen LogP) is 0.862. The molecule has 7 heteroatoms. The van der Waals surface area contributed by atoms with Gasteiger partial charge in [0.05, 0.1) is 12.2 Å². The van der Waals surface area contributed by atoms with Crippen molar-refractivity contribution < 1.29 is 25.1 Å². The zero-order valence-corrected chi connectivity index (χ0v) is 11.0. The van der Waals surface area contributed by atoms with E-state index >= 15 is 0 Å². The van der Waals surface area contributed by atoms with Crippen LogP contribution in [0.2, 0.25) is 0 Å². The van der Waals surface area contributed by atoms with Gasteiger partial charge >= 0.3 is 34.6 Å². The molecule has 0 saturated heterocycles. The molecule has 0 aliphatic heterocycles. The van der Waals surface area contributed by atoms with Crippen molar-refractivity contribution in [1.82, 2.24) is 0 Å². The predicted molar refractivity (Wildman–Crippen MR) is 54.9 cm³/mol. The van der Waals surface area contributed by atoms with Gasteiger partial charge in [-0.15, -0.1) is 0 Å². The molecule has 0 amide bonds. The normalized spacial score (nSPS) is 14.2. The molecule has 68 valence electrons. The summed E-state index contributed by atoms with van der Waals surface area (Å²) in [5.41, 5.74) is 0. The van der Waals surface area contributed by atoms with E-state index in [2.05, 4.69) is 44.9 Å². The average molecular weight is 314 g/mol. The molecule has 2 N–H and O–H groups in total. The Bertz CT molecular complexity index is 109. The average Bonchev–Trinajstić information content (AvgIpc) is 2.03. The summed E-state index contributed by atoms with van der Waals surface area (Å²) in [5, 5.41) is 17.5. The van der Waals surface area contributed by atoms with Crippen LogP contribution in [0, 0.1) is 0 Å². The van der Waals surface area contributed by atoms with Crippen LogP contribution >= 0.6 is 44.9 Å². The molecule has 0 spiro atoms. The third-order valence-electron chi connectivity index (χ3n) is 0.818. The quantitative estimate of drug-likeness (QED) is 0.461. The van der Waals surface area contributed by atoms with Crippen LogP contribution < -0.4 is 0 Å². The van der Waals surface area contributed by atoms with Crippen LogP contribution in [0.5, 0.6) is 0 Å². The van der Waals surface area contributed by atoms with Crippen molar-refractivity contribution in [3.63, 3.8) is 0 Å². The SMILES string of the molecule is OC(CS)C(O)CS.[S]=[Mo]=[S]. The van der Waals surface area contributed by atoms with Crippen LogP contribution in [0.15, 0.2) is 0 Å². The van der Waals surface area contributed by atoms with Crippen molar-refractivity contribution in [2.75, 3.05) is 11.5 Å². The van der Waals surface area contributed by atoms with Crippen LogP contribution in [0.25, 0.3) is 0 Å². The molecule has 2 unspecified atom stereocenters. The second kappa shape index (κ2) is 11.7. The summed E-state index contributed by atoms with van der Waals surface area (Å²) in [7, 11) is 8.68. The van der Waals surface area contributed by atoms with Gasteiger partial charge in [-0.05, 0) is 0 Å². The molecule has 0 aromatic heterocycles. The maximum absolute atomic E-state index is 8.75. The summed E-state index contributed by atoms with van der Waals surface area (Å²) in [4.78, 5) is 0. The number of thiol groups is 2. The zero-order valence-electron chi connectivity index (χ0n) is 5.58. The third kappa shape index (κ3) is 11.7. The molecule has 0 bridgehead atoms. The fraction of sp³-hybridized carbons (Fsp3) is 1.00. The van der Waals surface area contributed by atoms with Gasteiger partial charge in [-0.25, -0.2) is 0 Å². The van der Waals surface area contributed by atoms with E-state index in [1.807, 2.05) is 0 Å². The molecule has 0 fully saturated rings. The standard InChI is InChI=1S/C4H10O2S2.Mo.2S/c5-3(1-7)4(6)2-8;;;/h3-8H,1-2H2;;;. The van der Waals surface area contributed by atoms with Crippen molar-refractivity contribution in [2.24, 2.45) is 0 Å². The molecule has 0 aromatic rings. The van der Waals surface area contributed by atoms with E-state index in [-0.39, 0.29) is 26.4 Å². The fourth-order valence-electron chi connectivity index (χ4n) is 0.243. The van der Waals surface area contributed by atoms with E-state index in [1.54, 1.807) is 0 Å². The first-order valence-electron chi connectivity index (χ1n) is 2.63. The Kier molecular flexibility index (Phi) is 16.3. The summed E-state index contributed by atoms with van der Waals surface area (Å²) in [6, 6.07) is 0. The van der Waals surface area contributed by atoms with Crippen molar-refractivity contribution in [3.05, 3.63) is 0 Å². The number of hydrogen-bond donors (Lipinski definition) is 4. The van der Waals surface area contributed by atoms with E-state index < -0.39 is 12.2 Å². The first-order valence-corrected chi connectivity index (χ1v) is 9.48. The first kappa shape index (κ1) is 15.2. The molecular weight excluding hydrogens is 304 g/mol. The van der Waals surface area contributed by atoms with Crippen molar-refractivity contribution in [2.45, 2.75) is 12.2 Å². The van der Waals surface area contributed by atoms with E-state index in [0.717, 1.165) is 0 Å². The summed E-state index contributed by atoms with van der Waals surface area (Å²) in [5.74, 6) is 0.559. The summed E-state index contributed by atoms with van der Waals surface area (Å²) < 4.78 is 0. The number of hydrogen-bond acceptors (Lipinski definition) is 6. The van der Waals surface area contributed by atoms with Gasteiger partial charge in [0.2, 0.25) is 0 Å². The Hall–Kier alpha value is 1.75. The molecule has 11 heavy (non-hydrogen) atoms. The monoisotopic (exact) mass is 316 g/mol. The second-order valence-electron chi connectivity index (χ2n) is 1.57. The minimum absolute atomic E-state index is 0.279. The Morgan fingerprint density at radius 3 is 1.36 bits per heavy atom. The molecule has 0 heterocycles. The third-order valence-corrected chi connectivity index (χ3v) is 1.57. The van der Waals surface area contributed by atoms with E-state index in [0.29, 0.717) is 0 Å². The van der Waals surface area contributed by atoms with Crippen molar-refractivity contribution >= 4 is 44.9 Å². The molecule has 0 aliphatic carbocycles. The number of rotatable bonds is 3. The molecule has 2 atom stereocenters. The second-order valence-corrected chi connectivity index (χ2v) is 5.85. The van der Waals surface area contributed by atoms with Gasteiger partial charge in [-0.1, -0.05) is 0 Å². The van der Waals surface area contributed by atoms with Gasteiger partial charge in [0.1, 0.15) is 0 Å². The van der Waals surface area contributed by atoms with Gasteiger partial charge in [0.15, 0.2) is 0 Å². The van der Waals surface area contributed by atoms with Gasteiger partial charge in [-0.3, -0.25) is 0 Å². The molecule has 2 nitrogen and oxygen atoms in total. The summed E-state index contributed by atoms with van der Waals surface area (Å²) in [6.07, 6.45) is -1.48. The Labute approximate surface area is 93.0 Å². The fourth-order valence-corrected chi connectivity index (χ4v) is 0.730. The molecular formula is C4H10MoO2S4. The van der Waals surface area contributed by atoms with Crippen LogP contribution in [-0.2, 0) is 14.9 Å². The molecule has 0 aromatic carbocycles. The first-order chi connectivity index (χ1) is 5.13. The molecule has 0 rings (SSSR count). The number of aliphatic hydroxyl groups is 2. The van der Waals surface area contributed by atoms with Crippen molar-refractivity contribution in [1.29, 1.82) is 0 Å². The number of aliphatic hydroxyl groups excluding tert-OH is 2. The topological polar surface area (TPSA) is 40.5 Å². The molecule has 0 saturated carbocycles. The maximum atomic E-state index is 8.75. The summed E-state index contributed by atoms with van der Waals surface area (Å²) >= 11 is 7.17. The van der Waals surface area contributed by atoms with Gasteiger partial charge in [0, 0.05) is 11.5 Å². The molecule has 0 aliphatic rings. The van der Waals surface area contributed by atoms with E-state index in [9.17, 15) is 0 Å². The molecule has 0 radical (unpaired) electrons. The van der Waals surface area contributed by atoms with Crippen LogP contribution in [0.1, 0.15) is 0 Å². The Balaban J connectivity index is 0. The van der Waals surface area contributed by atoms with Crippen LogP contribution in [-0.4, -0.2) is 33.9 Å². The van der Waals surface area contributed by atoms with Gasteiger partial charge in [0.25, 0.3) is 0 Å². The van der Waals surface area contributed by atoms with Gasteiger partial charge in [-0.2, -0.15) is 25.3 Å². The van der Waals surface area contributed by atoms with Crippen molar-refractivity contribution in [3.8, 4) is 0 Å². The van der Waals surface area contributed by atoms with Gasteiger partial charge < -0.3 is 10.2 Å². The van der Waals surface area contributed by atoms with Crippen LogP contribution in [0.4, 0.5) is 0 Å². The summed E-state index contributed by atoms with van der Waals surface area (Å²) in [6.45, 7) is 0. The minimum atomic E-state index is -0.740.